The van der Waals surface area contributed by atoms with Crippen molar-refractivity contribution in [3.8, 4) is 5.75 Å². The molecular weight excluding hydrogens is 413 g/mol. The van der Waals surface area contributed by atoms with Gasteiger partial charge in [0.1, 0.15) is 10.6 Å². The second kappa shape index (κ2) is 9.62. The summed E-state index contributed by atoms with van der Waals surface area (Å²) in [6.07, 6.45) is -3.07. The van der Waals surface area contributed by atoms with E-state index in [1.54, 1.807) is 32.0 Å². The Morgan fingerprint density at radius 2 is 1.86 bits per heavy atom. The van der Waals surface area contributed by atoms with Gasteiger partial charge in [-0.2, -0.15) is 17.5 Å². The van der Waals surface area contributed by atoms with Crippen molar-refractivity contribution >= 4 is 21.8 Å². The molecule has 1 aromatic carbocycles. The zero-order valence-electron chi connectivity index (χ0n) is 15.4. The van der Waals surface area contributed by atoms with Crippen molar-refractivity contribution in [2.24, 2.45) is 0 Å². The van der Waals surface area contributed by atoms with Crippen molar-refractivity contribution in [3.05, 3.63) is 48.2 Å². The molecule has 0 saturated carbocycles. The van der Waals surface area contributed by atoms with Gasteiger partial charge < -0.3 is 4.74 Å². The normalized spacial score (nSPS) is 12.4. The van der Waals surface area contributed by atoms with Gasteiger partial charge in [-0.05, 0) is 29.8 Å². The van der Waals surface area contributed by atoms with E-state index in [4.69, 9.17) is 4.74 Å². The summed E-state index contributed by atoms with van der Waals surface area (Å²) in [7, 11) is -3.56. The summed E-state index contributed by atoms with van der Waals surface area (Å²) in [5.74, 6) is 0.599. The van der Waals surface area contributed by atoms with Crippen molar-refractivity contribution in [2.45, 2.75) is 35.7 Å². The highest BCUT2D eigenvalue weighted by atomic mass is 32.2. The molecule has 0 aliphatic carbocycles. The van der Waals surface area contributed by atoms with Crippen LogP contribution in [0.3, 0.4) is 0 Å². The lowest BCUT2D eigenvalue weighted by Gasteiger charge is -2.18. The molecule has 0 N–H and O–H groups in total. The summed E-state index contributed by atoms with van der Waals surface area (Å²) in [5.41, 5.74) is 0.770. The third kappa shape index (κ3) is 6.39. The molecule has 1 aromatic heterocycles. The standard InChI is InChI=1S/C18H21F3N2O3S2/c1-3-23(4-2)28(24,25)16-8-9-17(22-11-16)27-12-14-6-5-7-15(10-14)26-13-18(19,20)21/h5-11H,3-4,12-13H2,1-2H3. The predicted molar refractivity (Wildman–Crippen MR) is 102 cm³/mol. The second-order valence-electron chi connectivity index (χ2n) is 5.76. The molecule has 2 rings (SSSR count). The fraction of sp³-hybridized carbons (Fsp3) is 0.389. The van der Waals surface area contributed by atoms with Crippen LogP contribution in [0.15, 0.2) is 52.5 Å². The van der Waals surface area contributed by atoms with Gasteiger partial charge in [0, 0.05) is 25.0 Å². The van der Waals surface area contributed by atoms with E-state index >= 15 is 0 Å². The van der Waals surface area contributed by atoms with E-state index in [2.05, 4.69) is 4.98 Å². The first-order chi connectivity index (χ1) is 13.2. The molecule has 5 nitrogen and oxygen atoms in total. The highest BCUT2D eigenvalue weighted by Gasteiger charge is 2.28. The molecule has 0 spiro atoms. The van der Waals surface area contributed by atoms with Crippen LogP contribution in [0.2, 0.25) is 0 Å². The van der Waals surface area contributed by atoms with Crippen molar-refractivity contribution < 1.29 is 26.3 Å². The van der Waals surface area contributed by atoms with Crippen molar-refractivity contribution in [3.63, 3.8) is 0 Å². The summed E-state index contributed by atoms with van der Waals surface area (Å²) in [5, 5.41) is 0.611. The molecular formula is C18H21F3N2O3S2. The zero-order chi connectivity index (χ0) is 20.8. The maximum absolute atomic E-state index is 12.4. The van der Waals surface area contributed by atoms with Gasteiger partial charge in [-0.3, -0.25) is 0 Å². The minimum absolute atomic E-state index is 0.128. The summed E-state index contributed by atoms with van der Waals surface area (Å²) < 4.78 is 67.7. The number of nitrogens with zero attached hydrogens (tertiary/aromatic N) is 2. The third-order valence-corrected chi connectivity index (χ3v) is 6.79. The van der Waals surface area contributed by atoms with Gasteiger partial charge in [-0.25, -0.2) is 13.4 Å². The molecule has 0 amide bonds. The number of rotatable bonds is 9. The number of alkyl halides is 3. The van der Waals surface area contributed by atoms with Crippen LogP contribution in [0.25, 0.3) is 0 Å². The number of ether oxygens (including phenoxy) is 1. The first-order valence-electron chi connectivity index (χ1n) is 8.53. The van der Waals surface area contributed by atoms with E-state index in [1.165, 1.54) is 40.5 Å². The number of thioether (sulfide) groups is 1. The van der Waals surface area contributed by atoms with Crippen LogP contribution in [0.5, 0.6) is 5.75 Å². The molecule has 0 radical (unpaired) electrons. The lowest BCUT2D eigenvalue weighted by atomic mass is 10.2. The molecule has 10 heteroatoms. The van der Waals surface area contributed by atoms with Crippen LogP contribution >= 0.6 is 11.8 Å². The zero-order valence-corrected chi connectivity index (χ0v) is 17.1. The van der Waals surface area contributed by atoms with Gasteiger partial charge in [-0.1, -0.05) is 26.0 Å². The summed E-state index contributed by atoms with van der Waals surface area (Å²) in [6.45, 7) is 2.95. The van der Waals surface area contributed by atoms with Crippen LogP contribution < -0.4 is 4.74 Å². The first kappa shape index (κ1) is 22.5. The Morgan fingerprint density at radius 1 is 1.14 bits per heavy atom. The van der Waals surface area contributed by atoms with E-state index < -0.39 is 22.8 Å². The number of pyridine rings is 1. The number of aromatic nitrogens is 1. The van der Waals surface area contributed by atoms with Gasteiger partial charge in [0.25, 0.3) is 0 Å². The monoisotopic (exact) mass is 434 g/mol. The van der Waals surface area contributed by atoms with E-state index in [1.807, 2.05) is 0 Å². The molecule has 0 fully saturated rings. The summed E-state index contributed by atoms with van der Waals surface area (Å²) in [4.78, 5) is 4.31. The van der Waals surface area contributed by atoms with Crippen molar-refractivity contribution in [1.82, 2.24) is 9.29 Å². The van der Waals surface area contributed by atoms with Gasteiger partial charge in [0.05, 0.1) is 5.03 Å². The molecule has 0 aliphatic rings. The van der Waals surface area contributed by atoms with Gasteiger partial charge in [-0.15, -0.1) is 11.8 Å². The van der Waals surface area contributed by atoms with Crippen molar-refractivity contribution in [1.29, 1.82) is 0 Å². The van der Waals surface area contributed by atoms with E-state index in [-0.39, 0.29) is 10.6 Å². The number of hydrogen-bond acceptors (Lipinski definition) is 5. The van der Waals surface area contributed by atoms with Gasteiger partial charge in [0.2, 0.25) is 10.0 Å². The quantitative estimate of drug-likeness (QED) is 0.550. The smallest absolute Gasteiger partial charge is 0.422 e. The minimum Gasteiger partial charge on any atom is -0.484 e. The molecule has 0 aliphatic heterocycles. The van der Waals surface area contributed by atoms with Gasteiger partial charge >= 0.3 is 6.18 Å². The van der Waals surface area contributed by atoms with Crippen LogP contribution in [0, 0.1) is 0 Å². The average molecular weight is 435 g/mol. The largest absolute Gasteiger partial charge is 0.484 e. The van der Waals surface area contributed by atoms with Gasteiger partial charge in [0.15, 0.2) is 6.61 Å². The van der Waals surface area contributed by atoms with Crippen LogP contribution in [0.1, 0.15) is 19.4 Å². The second-order valence-corrected chi connectivity index (χ2v) is 8.69. The molecule has 0 atom stereocenters. The predicted octanol–water partition coefficient (Wildman–Crippen LogP) is 4.35. The number of benzene rings is 1. The molecule has 0 bridgehead atoms. The number of halogens is 3. The maximum Gasteiger partial charge on any atom is 0.422 e. The molecule has 0 unspecified atom stereocenters. The third-order valence-electron chi connectivity index (χ3n) is 3.74. The fourth-order valence-corrected chi connectivity index (χ4v) is 4.55. The average Bonchev–Trinajstić information content (AvgIpc) is 2.66. The summed E-state index contributed by atoms with van der Waals surface area (Å²) in [6, 6.07) is 9.52. The van der Waals surface area contributed by atoms with E-state index in [0.29, 0.717) is 23.9 Å². The summed E-state index contributed by atoms with van der Waals surface area (Å²) >= 11 is 1.35. The van der Waals surface area contributed by atoms with Crippen LogP contribution in [-0.2, 0) is 15.8 Å². The topological polar surface area (TPSA) is 59.5 Å². The highest BCUT2D eigenvalue weighted by molar-refractivity contribution is 7.98. The lowest BCUT2D eigenvalue weighted by Crippen LogP contribution is -2.30. The SMILES string of the molecule is CCN(CC)S(=O)(=O)c1ccc(SCc2cccc(OCC(F)(F)F)c2)nc1. The minimum atomic E-state index is -4.39. The Hall–Kier alpha value is -1.78. The molecule has 1 heterocycles. The fourth-order valence-electron chi connectivity index (χ4n) is 2.36. The van der Waals surface area contributed by atoms with Crippen molar-refractivity contribution in [2.75, 3.05) is 19.7 Å². The Bertz CT molecular complexity index is 868. The molecule has 28 heavy (non-hydrogen) atoms. The molecule has 2 aromatic rings. The Kier molecular flexibility index (Phi) is 7.73. The maximum atomic E-state index is 12.4. The highest BCUT2D eigenvalue weighted by Crippen LogP contribution is 2.25. The number of sulfonamides is 1. The Morgan fingerprint density at radius 3 is 2.43 bits per heavy atom. The molecule has 154 valence electrons. The molecule has 0 saturated heterocycles. The van der Waals surface area contributed by atoms with Crippen LogP contribution in [-0.4, -0.2) is 43.6 Å². The van der Waals surface area contributed by atoms with E-state index in [0.717, 1.165) is 5.56 Å². The van der Waals surface area contributed by atoms with E-state index in [9.17, 15) is 21.6 Å². The number of hydrogen-bond donors (Lipinski definition) is 0. The lowest BCUT2D eigenvalue weighted by molar-refractivity contribution is -0.153. The van der Waals surface area contributed by atoms with Crippen LogP contribution in [0.4, 0.5) is 13.2 Å². The first-order valence-corrected chi connectivity index (χ1v) is 11.0. The Balaban J connectivity index is 2.00. The Labute approximate surface area is 167 Å².